The first-order chi connectivity index (χ1) is 8.06. The second-order valence-electron chi connectivity index (χ2n) is 4.57. The summed E-state index contributed by atoms with van der Waals surface area (Å²) in [6, 6.07) is 4.80. The van der Waals surface area contributed by atoms with Crippen molar-refractivity contribution in [2.45, 2.75) is 45.7 Å². The van der Waals surface area contributed by atoms with E-state index in [9.17, 15) is 9.50 Å². The molecule has 0 amide bonds. The lowest BCUT2D eigenvalue weighted by molar-refractivity contribution is 0.149. The molecular weight excluding hydrogens is 217 g/mol. The number of hydrogen-bond donors (Lipinski definition) is 2. The molecule has 3 heteroatoms. The summed E-state index contributed by atoms with van der Waals surface area (Å²) >= 11 is 0. The average molecular weight is 239 g/mol. The van der Waals surface area contributed by atoms with Gasteiger partial charge in [-0.3, -0.25) is 0 Å². The highest BCUT2D eigenvalue weighted by molar-refractivity contribution is 5.26. The van der Waals surface area contributed by atoms with E-state index >= 15 is 0 Å². The highest BCUT2D eigenvalue weighted by Gasteiger charge is 2.24. The minimum absolute atomic E-state index is 0.106. The third-order valence-corrected chi connectivity index (χ3v) is 3.62. The van der Waals surface area contributed by atoms with Gasteiger partial charge in [-0.15, -0.1) is 0 Å². The Morgan fingerprint density at radius 2 is 1.94 bits per heavy atom. The largest absolute Gasteiger partial charge is 0.394 e. The molecule has 0 atom stereocenters. The minimum Gasteiger partial charge on any atom is -0.394 e. The number of benzene rings is 1. The van der Waals surface area contributed by atoms with Crippen LogP contribution in [0.25, 0.3) is 0 Å². The van der Waals surface area contributed by atoms with E-state index in [2.05, 4.69) is 5.32 Å². The van der Waals surface area contributed by atoms with Crippen LogP contribution in [0.4, 0.5) is 4.39 Å². The number of aryl methyl sites for hydroxylation is 1. The lowest BCUT2D eigenvalue weighted by Crippen LogP contribution is -2.47. The normalized spacial score (nSPS) is 11.8. The average Bonchev–Trinajstić information content (AvgIpc) is 2.35. The van der Waals surface area contributed by atoms with Crippen molar-refractivity contribution in [3.8, 4) is 0 Å². The summed E-state index contributed by atoms with van der Waals surface area (Å²) in [7, 11) is 0. The molecule has 0 aromatic heterocycles. The molecule has 0 aliphatic heterocycles. The van der Waals surface area contributed by atoms with E-state index in [1.54, 1.807) is 12.1 Å². The van der Waals surface area contributed by atoms with Gasteiger partial charge >= 0.3 is 0 Å². The summed E-state index contributed by atoms with van der Waals surface area (Å²) in [4.78, 5) is 0. The molecule has 17 heavy (non-hydrogen) atoms. The zero-order valence-corrected chi connectivity index (χ0v) is 10.9. The molecule has 0 saturated carbocycles. The van der Waals surface area contributed by atoms with Crippen molar-refractivity contribution in [2.75, 3.05) is 6.61 Å². The van der Waals surface area contributed by atoms with E-state index in [-0.39, 0.29) is 18.0 Å². The van der Waals surface area contributed by atoms with Gasteiger partial charge in [0, 0.05) is 12.1 Å². The van der Waals surface area contributed by atoms with Crippen molar-refractivity contribution in [3.63, 3.8) is 0 Å². The monoisotopic (exact) mass is 239 g/mol. The standard InChI is InChI=1S/C14H22FNO/c1-4-14(5-2,10-17)16-9-12-8-13(15)7-6-11(12)3/h6-8,16-17H,4-5,9-10H2,1-3H3. The van der Waals surface area contributed by atoms with Crippen molar-refractivity contribution in [2.24, 2.45) is 0 Å². The van der Waals surface area contributed by atoms with Gasteiger partial charge in [0.2, 0.25) is 0 Å². The maximum atomic E-state index is 13.1. The highest BCUT2D eigenvalue weighted by Crippen LogP contribution is 2.17. The van der Waals surface area contributed by atoms with Crippen LogP contribution in [0.15, 0.2) is 18.2 Å². The molecule has 0 radical (unpaired) electrons. The van der Waals surface area contributed by atoms with E-state index in [1.165, 1.54) is 6.07 Å². The van der Waals surface area contributed by atoms with Crippen LogP contribution in [0, 0.1) is 12.7 Å². The fraction of sp³-hybridized carbons (Fsp3) is 0.571. The molecule has 1 aromatic rings. The molecular formula is C14H22FNO. The maximum Gasteiger partial charge on any atom is 0.123 e. The smallest absolute Gasteiger partial charge is 0.123 e. The fourth-order valence-corrected chi connectivity index (χ4v) is 1.89. The second-order valence-corrected chi connectivity index (χ2v) is 4.57. The van der Waals surface area contributed by atoms with Crippen LogP contribution in [0.5, 0.6) is 0 Å². The predicted octanol–water partition coefficient (Wildman–Crippen LogP) is 2.77. The molecule has 0 saturated heterocycles. The van der Waals surface area contributed by atoms with E-state index in [4.69, 9.17) is 0 Å². The van der Waals surface area contributed by atoms with Crippen molar-refractivity contribution >= 4 is 0 Å². The van der Waals surface area contributed by atoms with Crippen LogP contribution in [-0.2, 0) is 6.54 Å². The summed E-state index contributed by atoms with van der Waals surface area (Å²) < 4.78 is 13.1. The second kappa shape index (κ2) is 6.12. The Labute approximate surface area is 103 Å². The molecule has 2 nitrogen and oxygen atoms in total. The van der Waals surface area contributed by atoms with Gasteiger partial charge in [0.25, 0.3) is 0 Å². The van der Waals surface area contributed by atoms with Gasteiger partial charge in [0.1, 0.15) is 5.82 Å². The third kappa shape index (κ3) is 3.51. The summed E-state index contributed by atoms with van der Waals surface area (Å²) in [6.07, 6.45) is 1.71. The number of halogens is 1. The van der Waals surface area contributed by atoms with Crippen LogP contribution in [0.2, 0.25) is 0 Å². The topological polar surface area (TPSA) is 32.3 Å². The molecule has 1 aromatic carbocycles. The zero-order chi connectivity index (χ0) is 12.9. The van der Waals surface area contributed by atoms with E-state index in [0.29, 0.717) is 6.54 Å². The van der Waals surface area contributed by atoms with Crippen LogP contribution >= 0.6 is 0 Å². The Balaban J connectivity index is 2.75. The Kier molecular flexibility index (Phi) is 5.09. The van der Waals surface area contributed by atoms with E-state index in [0.717, 1.165) is 24.0 Å². The van der Waals surface area contributed by atoms with Gasteiger partial charge in [-0.2, -0.15) is 0 Å². The summed E-state index contributed by atoms with van der Waals surface area (Å²) in [6.45, 7) is 6.76. The van der Waals surface area contributed by atoms with E-state index in [1.807, 2.05) is 20.8 Å². The molecule has 0 spiro atoms. The molecule has 96 valence electrons. The highest BCUT2D eigenvalue weighted by atomic mass is 19.1. The first kappa shape index (κ1) is 14.1. The third-order valence-electron chi connectivity index (χ3n) is 3.62. The van der Waals surface area contributed by atoms with Gasteiger partial charge in [-0.1, -0.05) is 19.9 Å². The molecule has 1 rings (SSSR count). The molecule has 0 unspecified atom stereocenters. The van der Waals surface area contributed by atoms with Gasteiger partial charge in [0.05, 0.1) is 6.61 Å². The van der Waals surface area contributed by atoms with Crippen molar-refractivity contribution in [3.05, 3.63) is 35.1 Å². The lowest BCUT2D eigenvalue weighted by Gasteiger charge is -2.31. The molecule has 0 aliphatic rings. The van der Waals surface area contributed by atoms with Crippen molar-refractivity contribution in [1.29, 1.82) is 0 Å². The number of hydrogen-bond acceptors (Lipinski definition) is 2. The lowest BCUT2D eigenvalue weighted by atomic mass is 9.93. The van der Waals surface area contributed by atoms with Gasteiger partial charge in [-0.05, 0) is 43.0 Å². The first-order valence-electron chi connectivity index (χ1n) is 6.18. The Hall–Kier alpha value is -0.930. The zero-order valence-electron chi connectivity index (χ0n) is 10.9. The molecule has 2 N–H and O–H groups in total. The molecule has 0 fully saturated rings. The number of aliphatic hydroxyl groups is 1. The summed E-state index contributed by atoms with van der Waals surface area (Å²) in [5.41, 5.74) is 1.77. The Morgan fingerprint density at radius 1 is 1.29 bits per heavy atom. The first-order valence-corrected chi connectivity index (χ1v) is 6.18. The SMILES string of the molecule is CCC(CC)(CO)NCc1cc(F)ccc1C. The Morgan fingerprint density at radius 3 is 2.47 bits per heavy atom. The van der Waals surface area contributed by atoms with Gasteiger partial charge < -0.3 is 10.4 Å². The predicted molar refractivity (Wildman–Crippen MR) is 68.4 cm³/mol. The number of rotatable bonds is 6. The molecule has 0 heterocycles. The minimum atomic E-state index is -0.251. The van der Waals surface area contributed by atoms with Crippen LogP contribution in [-0.4, -0.2) is 17.3 Å². The molecule has 0 bridgehead atoms. The Bertz CT molecular complexity index is 353. The van der Waals surface area contributed by atoms with Crippen molar-refractivity contribution in [1.82, 2.24) is 5.32 Å². The van der Waals surface area contributed by atoms with Crippen LogP contribution in [0.1, 0.15) is 37.8 Å². The quantitative estimate of drug-likeness (QED) is 0.800. The van der Waals surface area contributed by atoms with Gasteiger partial charge in [-0.25, -0.2) is 4.39 Å². The van der Waals surface area contributed by atoms with Crippen LogP contribution in [0.3, 0.4) is 0 Å². The van der Waals surface area contributed by atoms with E-state index < -0.39 is 0 Å². The van der Waals surface area contributed by atoms with Crippen LogP contribution < -0.4 is 5.32 Å². The van der Waals surface area contributed by atoms with Gasteiger partial charge in [0.15, 0.2) is 0 Å². The number of aliphatic hydroxyl groups excluding tert-OH is 1. The maximum absolute atomic E-state index is 13.1. The summed E-state index contributed by atoms with van der Waals surface area (Å²) in [5.74, 6) is -0.213. The summed E-state index contributed by atoms with van der Waals surface area (Å²) in [5, 5.41) is 12.8. The molecule has 0 aliphatic carbocycles. The fourth-order valence-electron chi connectivity index (χ4n) is 1.89. The number of nitrogens with one attached hydrogen (secondary N) is 1. The van der Waals surface area contributed by atoms with Crippen molar-refractivity contribution < 1.29 is 9.50 Å².